The number of Topliss-reactive ketones (excluding diaryl/α,β-unsaturated/α-hetero) is 1. The van der Waals surface area contributed by atoms with Crippen molar-refractivity contribution in [2.45, 2.75) is 81.1 Å². The summed E-state index contributed by atoms with van der Waals surface area (Å²) >= 11 is 0. The first-order valence-electron chi connectivity index (χ1n) is 8.90. The number of nitrogens with one attached hydrogen (secondary N) is 1. The largest absolute Gasteiger partial charge is 0.335 e. The van der Waals surface area contributed by atoms with Crippen molar-refractivity contribution in [3.63, 3.8) is 0 Å². The van der Waals surface area contributed by atoms with Gasteiger partial charge in [0.25, 0.3) is 0 Å². The quantitative estimate of drug-likeness (QED) is 0.688. The van der Waals surface area contributed by atoms with Gasteiger partial charge >= 0.3 is 0 Å². The van der Waals surface area contributed by atoms with Crippen LogP contribution in [0.2, 0.25) is 0 Å². The van der Waals surface area contributed by atoms with Gasteiger partial charge in [0.05, 0.1) is 19.6 Å². The lowest BCUT2D eigenvalue weighted by Gasteiger charge is -2.39. The van der Waals surface area contributed by atoms with Crippen LogP contribution in [0, 0.1) is 16.7 Å². The van der Waals surface area contributed by atoms with Gasteiger partial charge in [-0.15, -0.1) is 0 Å². The van der Waals surface area contributed by atoms with Gasteiger partial charge in [0.15, 0.2) is 0 Å². The highest BCUT2D eigenvalue weighted by Gasteiger charge is 2.39. The molecule has 0 aromatic carbocycles. The molecule has 0 fully saturated rings. The molecule has 0 radical (unpaired) electrons. The van der Waals surface area contributed by atoms with Gasteiger partial charge in [0.1, 0.15) is 5.78 Å². The first kappa shape index (κ1) is 20.6. The third-order valence-electron chi connectivity index (χ3n) is 4.21. The monoisotopic (exact) mass is 298 g/mol. The van der Waals surface area contributed by atoms with E-state index in [0.29, 0.717) is 5.78 Å². The fourth-order valence-corrected chi connectivity index (χ4v) is 4.00. The van der Waals surface area contributed by atoms with E-state index in [0.717, 1.165) is 19.4 Å². The number of carbonyl (C=O) groups excluding carboxylic acids is 1. The molecule has 0 aliphatic heterocycles. The van der Waals surface area contributed by atoms with Crippen molar-refractivity contribution in [1.29, 1.82) is 0 Å². The molecule has 0 heterocycles. The van der Waals surface area contributed by atoms with Crippen LogP contribution in [0.4, 0.5) is 0 Å². The smallest absolute Gasteiger partial charge is 0.137 e. The number of quaternary nitrogens is 1. The molecule has 2 nitrogen and oxygen atoms in total. The Hall–Kier alpha value is -0.370. The summed E-state index contributed by atoms with van der Waals surface area (Å²) in [6.07, 6.45) is 4.25. The summed E-state index contributed by atoms with van der Waals surface area (Å²) in [6, 6.07) is 0. The van der Waals surface area contributed by atoms with Gasteiger partial charge in [0, 0.05) is 18.8 Å². The summed E-state index contributed by atoms with van der Waals surface area (Å²) in [5, 5.41) is 0. The SMILES string of the molecule is CCC[NH+](CCC)CCCC(=O)C(C(C)(C)C)C(C)(C)C. The van der Waals surface area contributed by atoms with E-state index in [1.165, 1.54) is 25.9 Å². The lowest BCUT2D eigenvalue weighted by Crippen LogP contribution is -3.12. The Morgan fingerprint density at radius 1 is 0.857 bits per heavy atom. The van der Waals surface area contributed by atoms with Crippen LogP contribution in [-0.4, -0.2) is 25.4 Å². The van der Waals surface area contributed by atoms with Crippen molar-refractivity contribution < 1.29 is 9.69 Å². The molecule has 2 heteroatoms. The molecular weight excluding hydrogens is 258 g/mol. The third kappa shape index (κ3) is 7.99. The molecule has 0 aliphatic rings. The number of rotatable bonds is 9. The number of carbonyl (C=O) groups is 1. The molecule has 0 rings (SSSR count). The fourth-order valence-electron chi connectivity index (χ4n) is 4.00. The van der Waals surface area contributed by atoms with Crippen molar-refractivity contribution in [3.05, 3.63) is 0 Å². The van der Waals surface area contributed by atoms with E-state index >= 15 is 0 Å². The average molecular weight is 299 g/mol. The molecule has 0 saturated heterocycles. The van der Waals surface area contributed by atoms with Crippen LogP contribution in [0.3, 0.4) is 0 Å². The van der Waals surface area contributed by atoms with Gasteiger partial charge in [-0.05, 0) is 23.7 Å². The zero-order chi connectivity index (χ0) is 16.7. The van der Waals surface area contributed by atoms with Crippen LogP contribution in [0.1, 0.15) is 81.1 Å². The van der Waals surface area contributed by atoms with E-state index < -0.39 is 0 Å². The van der Waals surface area contributed by atoms with Gasteiger partial charge in [-0.2, -0.15) is 0 Å². The van der Waals surface area contributed by atoms with Gasteiger partial charge in [-0.3, -0.25) is 4.79 Å². The Labute approximate surface area is 133 Å². The Bertz CT molecular complexity index is 276. The molecule has 0 unspecified atom stereocenters. The summed E-state index contributed by atoms with van der Waals surface area (Å²) in [6.45, 7) is 21.3. The molecular formula is C19H40NO+. The Morgan fingerprint density at radius 3 is 1.62 bits per heavy atom. The van der Waals surface area contributed by atoms with Gasteiger partial charge in [-0.1, -0.05) is 55.4 Å². The van der Waals surface area contributed by atoms with Crippen molar-refractivity contribution in [2.75, 3.05) is 19.6 Å². The maximum Gasteiger partial charge on any atom is 0.137 e. The van der Waals surface area contributed by atoms with Crippen molar-refractivity contribution in [1.82, 2.24) is 0 Å². The van der Waals surface area contributed by atoms with E-state index in [1.807, 2.05) is 0 Å². The molecule has 0 spiro atoms. The maximum absolute atomic E-state index is 12.7. The standard InChI is InChI=1S/C19H39NO/c1-9-13-20(14-10-2)15-11-12-16(21)17(18(3,4)5)19(6,7)8/h17H,9-15H2,1-8H3/p+1. The van der Waals surface area contributed by atoms with E-state index in [-0.39, 0.29) is 16.7 Å². The van der Waals surface area contributed by atoms with E-state index in [1.54, 1.807) is 4.90 Å². The second kappa shape index (κ2) is 8.92. The Kier molecular flexibility index (Phi) is 8.77. The van der Waals surface area contributed by atoms with Crippen LogP contribution < -0.4 is 4.90 Å². The van der Waals surface area contributed by atoms with Gasteiger partial charge in [0.2, 0.25) is 0 Å². The molecule has 1 N–H and O–H groups in total. The zero-order valence-electron chi connectivity index (χ0n) is 15.9. The molecule has 21 heavy (non-hydrogen) atoms. The number of hydrogen-bond acceptors (Lipinski definition) is 1. The molecule has 126 valence electrons. The summed E-state index contributed by atoms with van der Waals surface area (Å²) in [5.41, 5.74) is 0.101. The average Bonchev–Trinajstić information content (AvgIpc) is 2.25. The number of hydrogen-bond donors (Lipinski definition) is 1. The van der Waals surface area contributed by atoms with E-state index in [2.05, 4.69) is 55.4 Å². The summed E-state index contributed by atoms with van der Waals surface area (Å²) in [4.78, 5) is 14.4. The second-order valence-corrected chi connectivity index (χ2v) is 8.73. The van der Waals surface area contributed by atoms with E-state index in [4.69, 9.17) is 0 Å². The lowest BCUT2D eigenvalue weighted by atomic mass is 9.64. The first-order valence-corrected chi connectivity index (χ1v) is 8.90. The van der Waals surface area contributed by atoms with Crippen LogP contribution in [-0.2, 0) is 4.79 Å². The van der Waals surface area contributed by atoms with Crippen molar-refractivity contribution in [2.24, 2.45) is 16.7 Å². The van der Waals surface area contributed by atoms with E-state index in [9.17, 15) is 4.79 Å². The predicted molar refractivity (Wildman–Crippen MR) is 92.8 cm³/mol. The highest BCUT2D eigenvalue weighted by atomic mass is 16.1. The maximum atomic E-state index is 12.7. The van der Waals surface area contributed by atoms with Crippen LogP contribution in [0.25, 0.3) is 0 Å². The van der Waals surface area contributed by atoms with Gasteiger partial charge in [-0.25, -0.2) is 0 Å². The summed E-state index contributed by atoms with van der Waals surface area (Å²) in [7, 11) is 0. The molecule has 0 bridgehead atoms. The Morgan fingerprint density at radius 2 is 1.29 bits per heavy atom. The van der Waals surface area contributed by atoms with Gasteiger partial charge < -0.3 is 4.90 Å². The summed E-state index contributed by atoms with van der Waals surface area (Å²) < 4.78 is 0. The van der Waals surface area contributed by atoms with Crippen LogP contribution >= 0.6 is 0 Å². The second-order valence-electron chi connectivity index (χ2n) is 8.73. The fraction of sp³-hybridized carbons (Fsp3) is 0.947. The summed E-state index contributed by atoms with van der Waals surface area (Å²) in [5.74, 6) is 0.605. The third-order valence-corrected chi connectivity index (χ3v) is 4.21. The minimum absolute atomic E-state index is 0.0503. The predicted octanol–water partition coefficient (Wildman–Crippen LogP) is 3.75. The molecule has 0 aromatic heterocycles. The highest BCUT2D eigenvalue weighted by molar-refractivity contribution is 5.82. The normalized spacial score (nSPS) is 13.2. The first-order chi connectivity index (χ1) is 9.54. The minimum Gasteiger partial charge on any atom is -0.335 e. The van der Waals surface area contributed by atoms with Crippen molar-refractivity contribution >= 4 is 5.78 Å². The van der Waals surface area contributed by atoms with Crippen molar-refractivity contribution in [3.8, 4) is 0 Å². The zero-order valence-corrected chi connectivity index (χ0v) is 15.9. The van der Waals surface area contributed by atoms with Crippen LogP contribution in [0.15, 0.2) is 0 Å². The minimum atomic E-state index is 0.0503. The molecule has 0 amide bonds. The molecule has 0 atom stereocenters. The molecule has 0 aromatic rings. The lowest BCUT2D eigenvalue weighted by molar-refractivity contribution is -0.900. The van der Waals surface area contributed by atoms with Crippen LogP contribution in [0.5, 0.6) is 0 Å². The molecule has 0 aliphatic carbocycles. The number of ketones is 1. The Balaban J connectivity index is 4.52. The highest BCUT2D eigenvalue weighted by Crippen LogP contribution is 2.41. The molecule has 0 saturated carbocycles. The topological polar surface area (TPSA) is 21.5 Å².